The van der Waals surface area contributed by atoms with Crippen LogP contribution in [-0.4, -0.2) is 17.2 Å². The zero-order valence-corrected chi connectivity index (χ0v) is 9.56. The Morgan fingerprint density at radius 2 is 2.38 bits per heavy atom. The third kappa shape index (κ3) is 2.03. The number of carboxylic acids is 1. The van der Waals surface area contributed by atoms with Crippen molar-refractivity contribution in [3.05, 3.63) is 29.3 Å². The van der Waals surface area contributed by atoms with Crippen LogP contribution in [0.25, 0.3) is 0 Å². The van der Waals surface area contributed by atoms with Crippen LogP contribution in [0.3, 0.4) is 0 Å². The SMILES string of the molecule is Cc1cccc2c1CC(CC(C)C(=O)O)O2. The van der Waals surface area contributed by atoms with Crippen LogP contribution >= 0.6 is 0 Å². The lowest BCUT2D eigenvalue weighted by Crippen LogP contribution is -2.21. The summed E-state index contributed by atoms with van der Waals surface area (Å²) in [4.78, 5) is 10.8. The Balaban J connectivity index is 2.06. The molecular formula is C13H16O3. The van der Waals surface area contributed by atoms with E-state index >= 15 is 0 Å². The summed E-state index contributed by atoms with van der Waals surface area (Å²) < 4.78 is 5.75. The number of ether oxygens (including phenoxy) is 1. The van der Waals surface area contributed by atoms with Crippen molar-refractivity contribution in [1.29, 1.82) is 0 Å². The molecule has 1 aromatic carbocycles. The van der Waals surface area contributed by atoms with Crippen molar-refractivity contribution < 1.29 is 14.6 Å². The number of carbonyl (C=O) groups is 1. The van der Waals surface area contributed by atoms with Crippen molar-refractivity contribution in [3.63, 3.8) is 0 Å². The summed E-state index contributed by atoms with van der Waals surface area (Å²) in [5.41, 5.74) is 2.45. The summed E-state index contributed by atoms with van der Waals surface area (Å²) in [6.45, 7) is 3.78. The average molecular weight is 220 g/mol. The maximum absolute atomic E-state index is 10.8. The second kappa shape index (κ2) is 4.16. The second-order valence-corrected chi connectivity index (χ2v) is 4.47. The molecule has 0 amide bonds. The summed E-state index contributed by atoms with van der Waals surface area (Å²) in [6.07, 6.45) is 1.42. The molecule has 0 aliphatic carbocycles. The van der Waals surface area contributed by atoms with E-state index in [0.717, 1.165) is 12.2 Å². The second-order valence-electron chi connectivity index (χ2n) is 4.47. The van der Waals surface area contributed by atoms with Gasteiger partial charge in [-0.3, -0.25) is 4.79 Å². The summed E-state index contributed by atoms with van der Waals surface area (Å²) in [5.74, 6) is -0.182. The molecule has 2 rings (SSSR count). The first-order valence-corrected chi connectivity index (χ1v) is 5.56. The molecule has 3 nitrogen and oxygen atoms in total. The molecule has 2 unspecified atom stereocenters. The fraction of sp³-hybridized carbons (Fsp3) is 0.462. The molecule has 86 valence electrons. The number of hydrogen-bond donors (Lipinski definition) is 1. The normalized spacial score (nSPS) is 20.0. The predicted octanol–water partition coefficient (Wildman–Crippen LogP) is 2.41. The van der Waals surface area contributed by atoms with E-state index in [1.807, 2.05) is 12.1 Å². The van der Waals surface area contributed by atoms with E-state index in [1.54, 1.807) is 6.92 Å². The molecular weight excluding hydrogens is 204 g/mol. The summed E-state index contributed by atoms with van der Waals surface area (Å²) in [7, 11) is 0. The average Bonchev–Trinajstić information content (AvgIpc) is 2.61. The van der Waals surface area contributed by atoms with Crippen LogP contribution in [0, 0.1) is 12.8 Å². The van der Waals surface area contributed by atoms with Crippen LogP contribution in [0.5, 0.6) is 5.75 Å². The highest BCUT2D eigenvalue weighted by Crippen LogP contribution is 2.33. The molecule has 0 fully saturated rings. The highest BCUT2D eigenvalue weighted by Gasteiger charge is 2.27. The molecule has 0 saturated heterocycles. The van der Waals surface area contributed by atoms with E-state index in [9.17, 15) is 4.79 Å². The number of rotatable bonds is 3. The smallest absolute Gasteiger partial charge is 0.306 e. The van der Waals surface area contributed by atoms with Gasteiger partial charge in [-0.1, -0.05) is 19.1 Å². The molecule has 0 aromatic heterocycles. The van der Waals surface area contributed by atoms with Crippen LogP contribution in [0.4, 0.5) is 0 Å². The number of hydrogen-bond acceptors (Lipinski definition) is 2. The van der Waals surface area contributed by atoms with E-state index < -0.39 is 5.97 Å². The zero-order valence-electron chi connectivity index (χ0n) is 9.56. The first-order chi connectivity index (χ1) is 7.58. The third-order valence-corrected chi connectivity index (χ3v) is 3.13. The Kier molecular flexibility index (Phi) is 2.86. The molecule has 1 heterocycles. The maximum Gasteiger partial charge on any atom is 0.306 e. The van der Waals surface area contributed by atoms with Crippen LogP contribution in [0.1, 0.15) is 24.5 Å². The first kappa shape index (κ1) is 11.0. The Labute approximate surface area is 95.0 Å². The van der Waals surface area contributed by atoms with Gasteiger partial charge in [0.2, 0.25) is 0 Å². The molecule has 0 spiro atoms. The topological polar surface area (TPSA) is 46.5 Å². The monoisotopic (exact) mass is 220 g/mol. The van der Waals surface area contributed by atoms with Crippen LogP contribution < -0.4 is 4.74 Å². The van der Waals surface area contributed by atoms with Gasteiger partial charge in [-0.2, -0.15) is 0 Å². The van der Waals surface area contributed by atoms with Crippen molar-refractivity contribution in [3.8, 4) is 5.75 Å². The molecule has 1 aliphatic rings. The molecule has 2 atom stereocenters. The minimum atomic E-state index is -0.753. The summed E-state index contributed by atoms with van der Waals surface area (Å²) >= 11 is 0. The number of aliphatic carboxylic acids is 1. The summed E-state index contributed by atoms with van der Waals surface area (Å²) in [5, 5.41) is 8.86. The van der Waals surface area contributed by atoms with E-state index in [4.69, 9.17) is 9.84 Å². The van der Waals surface area contributed by atoms with Gasteiger partial charge in [0.05, 0.1) is 5.92 Å². The number of fused-ring (bicyclic) bond motifs is 1. The standard InChI is InChI=1S/C13H16O3/c1-8-4-3-5-12-11(8)7-10(16-12)6-9(2)13(14)15/h3-5,9-10H,6-7H2,1-2H3,(H,14,15). The van der Waals surface area contributed by atoms with E-state index in [0.29, 0.717) is 6.42 Å². The summed E-state index contributed by atoms with van der Waals surface area (Å²) in [6, 6.07) is 5.98. The van der Waals surface area contributed by atoms with Crippen LogP contribution in [-0.2, 0) is 11.2 Å². The maximum atomic E-state index is 10.8. The zero-order chi connectivity index (χ0) is 11.7. The molecule has 1 aliphatic heterocycles. The first-order valence-electron chi connectivity index (χ1n) is 5.56. The molecule has 1 N–H and O–H groups in total. The Morgan fingerprint density at radius 3 is 3.00 bits per heavy atom. The number of carboxylic acid groups (broad SMARTS) is 1. The predicted molar refractivity (Wildman–Crippen MR) is 60.7 cm³/mol. The fourth-order valence-corrected chi connectivity index (χ4v) is 2.12. The number of benzene rings is 1. The minimum Gasteiger partial charge on any atom is -0.490 e. The van der Waals surface area contributed by atoms with Gasteiger partial charge in [0.15, 0.2) is 0 Å². The van der Waals surface area contributed by atoms with Gasteiger partial charge in [-0.25, -0.2) is 0 Å². The lowest BCUT2D eigenvalue weighted by Gasteiger charge is -2.12. The molecule has 3 heteroatoms. The van der Waals surface area contributed by atoms with Gasteiger partial charge >= 0.3 is 5.97 Å². The Morgan fingerprint density at radius 1 is 1.62 bits per heavy atom. The van der Waals surface area contributed by atoms with Gasteiger partial charge in [0, 0.05) is 12.0 Å². The van der Waals surface area contributed by atoms with Crippen molar-refractivity contribution in [2.45, 2.75) is 32.8 Å². The molecule has 1 aromatic rings. The number of aryl methyl sites for hydroxylation is 1. The molecule has 16 heavy (non-hydrogen) atoms. The van der Waals surface area contributed by atoms with Crippen molar-refractivity contribution in [2.75, 3.05) is 0 Å². The van der Waals surface area contributed by atoms with E-state index in [1.165, 1.54) is 11.1 Å². The molecule has 0 radical (unpaired) electrons. The van der Waals surface area contributed by atoms with Crippen molar-refractivity contribution >= 4 is 5.97 Å². The van der Waals surface area contributed by atoms with Gasteiger partial charge in [-0.05, 0) is 25.0 Å². The van der Waals surface area contributed by atoms with Gasteiger partial charge in [0.1, 0.15) is 11.9 Å². The lowest BCUT2D eigenvalue weighted by atomic mass is 9.98. The fourth-order valence-electron chi connectivity index (χ4n) is 2.12. The molecule has 0 bridgehead atoms. The van der Waals surface area contributed by atoms with Gasteiger partial charge in [0.25, 0.3) is 0 Å². The highest BCUT2D eigenvalue weighted by atomic mass is 16.5. The minimum absolute atomic E-state index is 0.0159. The van der Waals surface area contributed by atoms with E-state index in [-0.39, 0.29) is 12.0 Å². The van der Waals surface area contributed by atoms with Crippen LogP contribution in [0.2, 0.25) is 0 Å². The van der Waals surface area contributed by atoms with Crippen LogP contribution in [0.15, 0.2) is 18.2 Å². The van der Waals surface area contributed by atoms with Gasteiger partial charge in [-0.15, -0.1) is 0 Å². The highest BCUT2D eigenvalue weighted by molar-refractivity contribution is 5.69. The van der Waals surface area contributed by atoms with Gasteiger partial charge < -0.3 is 9.84 Å². The third-order valence-electron chi connectivity index (χ3n) is 3.13. The quantitative estimate of drug-likeness (QED) is 0.850. The van der Waals surface area contributed by atoms with Crippen molar-refractivity contribution in [2.24, 2.45) is 5.92 Å². The Hall–Kier alpha value is -1.51. The van der Waals surface area contributed by atoms with Crippen molar-refractivity contribution in [1.82, 2.24) is 0 Å². The largest absolute Gasteiger partial charge is 0.490 e. The molecule has 0 saturated carbocycles. The van der Waals surface area contributed by atoms with E-state index in [2.05, 4.69) is 13.0 Å². The lowest BCUT2D eigenvalue weighted by molar-refractivity contribution is -0.141. The Bertz CT molecular complexity index is 412.